The minimum Gasteiger partial charge on any atom is -0.366 e. The van der Waals surface area contributed by atoms with E-state index in [2.05, 4.69) is 22.9 Å². The molecule has 0 aliphatic heterocycles. The lowest BCUT2D eigenvalue weighted by Crippen LogP contribution is -2.22. The van der Waals surface area contributed by atoms with E-state index >= 15 is 0 Å². The first-order valence-electron chi connectivity index (χ1n) is 6.45. The second kappa shape index (κ2) is 6.14. The van der Waals surface area contributed by atoms with Crippen LogP contribution in [0, 0.1) is 6.92 Å². The minimum atomic E-state index is 0.748. The second-order valence-electron chi connectivity index (χ2n) is 4.49. The average Bonchev–Trinajstić information content (AvgIpc) is 2.46. The van der Waals surface area contributed by atoms with Crippen molar-refractivity contribution in [2.75, 3.05) is 11.4 Å². The number of anilines is 1. The summed E-state index contributed by atoms with van der Waals surface area (Å²) in [6, 6.07) is 11.9. The first-order chi connectivity index (χ1) is 9.24. The quantitative estimate of drug-likeness (QED) is 0.768. The third-order valence-electron chi connectivity index (χ3n) is 3.21. The molecule has 0 unspecified atom stereocenters. The highest BCUT2D eigenvalue weighted by molar-refractivity contribution is 5.78. The summed E-state index contributed by atoms with van der Waals surface area (Å²) in [5.74, 6) is 0. The number of nitrogens with zero attached hydrogens (tertiary/aromatic N) is 2. The fourth-order valence-electron chi connectivity index (χ4n) is 2.06. The molecule has 0 saturated carbocycles. The number of carbonyl (C=O) groups excluding carboxylic acids is 1. The number of pyridine rings is 1. The van der Waals surface area contributed by atoms with Gasteiger partial charge in [0.1, 0.15) is 6.29 Å². The molecule has 1 aromatic heterocycles. The van der Waals surface area contributed by atoms with Gasteiger partial charge in [-0.1, -0.05) is 6.07 Å². The van der Waals surface area contributed by atoms with E-state index in [9.17, 15) is 4.79 Å². The van der Waals surface area contributed by atoms with Crippen LogP contribution in [0.3, 0.4) is 0 Å². The van der Waals surface area contributed by atoms with Gasteiger partial charge in [0.05, 0.1) is 12.2 Å². The molecule has 0 amide bonds. The lowest BCUT2D eigenvalue weighted by atomic mass is 10.1. The molecule has 0 N–H and O–H groups in total. The van der Waals surface area contributed by atoms with E-state index in [1.54, 1.807) is 0 Å². The number of rotatable bonds is 5. The van der Waals surface area contributed by atoms with Crippen molar-refractivity contribution in [2.24, 2.45) is 0 Å². The smallest absolute Gasteiger partial charge is 0.150 e. The molecule has 3 heteroatoms. The predicted octanol–water partition coefficient (Wildman–Crippen LogP) is 3.23. The van der Waals surface area contributed by atoms with Crippen molar-refractivity contribution in [2.45, 2.75) is 20.4 Å². The molecule has 0 atom stereocenters. The van der Waals surface area contributed by atoms with Crippen molar-refractivity contribution < 1.29 is 4.79 Å². The Bertz CT molecular complexity index is 552. The van der Waals surface area contributed by atoms with E-state index in [0.29, 0.717) is 0 Å². The van der Waals surface area contributed by atoms with Gasteiger partial charge in [0, 0.05) is 24.0 Å². The van der Waals surface area contributed by atoms with E-state index in [1.165, 1.54) is 0 Å². The van der Waals surface area contributed by atoms with E-state index < -0.39 is 0 Å². The number of hydrogen-bond donors (Lipinski definition) is 0. The molecule has 2 rings (SSSR count). The van der Waals surface area contributed by atoms with Gasteiger partial charge < -0.3 is 4.90 Å². The summed E-state index contributed by atoms with van der Waals surface area (Å²) >= 11 is 0. The van der Waals surface area contributed by atoms with Crippen molar-refractivity contribution in [1.29, 1.82) is 0 Å². The Morgan fingerprint density at radius 1 is 1.26 bits per heavy atom. The topological polar surface area (TPSA) is 33.2 Å². The SMILES string of the molecule is CCN(Cc1ccccn1)c1ccc(C=O)c(C)c1. The average molecular weight is 254 g/mol. The van der Waals surface area contributed by atoms with Crippen LogP contribution < -0.4 is 4.90 Å². The van der Waals surface area contributed by atoms with Gasteiger partial charge in [-0.2, -0.15) is 0 Å². The van der Waals surface area contributed by atoms with Crippen LogP contribution in [0.1, 0.15) is 28.5 Å². The molecule has 0 aliphatic carbocycles. The highest BCUT2D eigenvalue weighted by atomic mass is 16.1. The molecule has 0 saturated heterocycles. The van der Waals surface area contributed by atoms with Crippen LogP contribution in [0.15, 0.2) is 42.6 Å². The van der Waals surface area contributed by atoms with Crippen molar-refractivity contribution in [3.05, 3.63) is 59.4 Å². The van der Waals surface area contributed by atoms with Gasteiger partial charge in [0.25, 0.3) is 0 Å². The summed E-state index contributed by atoms with van der Waals surface area (Å²) in [4.78, 5) is 17.4. The summed E-state index contributed by atoms with van der Waals surface area (Å²) < 4.78 is 0. The maximum absolute atomic E-state index is 10.8. The van der Waals surface area contributed by atoms with Crippen molar-refractivity contribution >= 4 is 12.0 Å². The van der Waals surface area contributed by atoms with Gasteiger partial charge in [-0.15, -0.1) is 0 Å². The van der Waals surface area contributed by atoms with Gasteiger partial charge in [0.2, 0.25) is 0 Å². The van der Waals surface area contributed by atoms with Crippen LogP contribution in [0.4, 0.5) is 5.69 Å². The molecule has 3 nitrogen and oxygen atoms in total. The summed E-state index contributed by atoms with van der Waals surface area (Å²) in [6.45, 7) is 5.75. The van der Waals surface area contributed by atoms with Crippen LogP contribution in [0.2, 0.25) is 0 Å². The maximum atomic E-state index is 10.8. The fraction of sp³-hybridized carbons (Fsp3) is 0.250. The number of aryl methyl sites for hydroxylation is 1. The third-order valence-corrected chi connectivity index (χ3v) is 3.21. The summed E-state index contributed by atoms with van der Waals surface area (Å²) in [5.41, 5.74) is 3.92. The molecule has 0 fully saturated rings. The molecule has 98 valence electrons. The van der Waals surface area contributed by atoms with Gasteiger partial charge in [0.15, 0.2) is 0 Å². The Hall–Kier alpha value is -2.16. The Balaban J connectivity index is 2.22. The summed E-state index contributed by atoms with van der Waals surface area (Å²) in [6.07, 6.45) is 2.71. The molecule has 0 aliphatic rings. The van der Waals surface area contributed by atoms with Crippen LogP contribution >= 0.6 is 0 Å². The molecule has 2 aromatic rings. The second-order valence-corrected chi connectivity index (χ2v) is 4.49. The Morgan fingerprint density at radius 2 is 2.11 bits per heavy atom. The number of carbonyl (C=O) groups is 1. The predicted molar refractivity (Wildman–Crippen MR) is 77.5 cm³/mol. The van der Waals surface area contributed by atoms with E-state index in [-0.39, 0.29) is 0 Å². The first-order valence-corrected chi connectivity index (χ1v) is 6.45. The molecule has 1 heterocycles. The van der Waals surface area contributed by atoms with Gasteiger partial charge in [-0.25, -0.2) is 0 Å². The van der Waals surface area contributed by atoms with E-state index in [1.807, 2.05) is 43.5 Å². The highest BCUT2D eigenvalue weighted by Crippen LogP contribution is 2.19. The van der Waals surface area contributed by atoms with Crippen LogP contribution in [0.25, 0.3) is 0 Å². The Labute approximate surface area is 113 Å². The van der Waals surface area contributed by atoms with Crippen LogP contribution in [0.5, 0.6) is 0 Å². The normalized spacial score (nSPS) is 10.2. The summed E-state index contributed by atoms with van der Waals surface area (Å²) in [5, 5.41) is 0. The van der Waals surface area contributed by atoms with Gasteiger partial charge in [-0.05, 0) is 49.7 Å². The van der Waals surface area contributed by atoms with Gasteiger partial charge in [-0.3, -0.25) is 9.78 Å². The molecular formula is C16H18N2O. The largest absolute Gasteiger partial charge is 0.366 e. The van der Waals surface area contributed by atoms with E-state index in [4.69, 9.17) is 0 Å². The zero-order chi connectivity index (χ0) is 13.7. The van der Waals surface area contributed by atoms with Crippen molar-refractivity contribution in [1.82, 2.24) is 4.98 Å². The fourth-order valence-corrected chi connectivity index (χ4v) is 2.06. The van der Waals surface area contributed by atoms with Crippen LogP contribution in [-0.4, -0.2) is 17.8 Å². The molecule has 19 heavy (non-hydrogen) atoms. The minimum absolute atomic E-state index is 0.748. The molecule has 0 bridgehead atoms. The zero-order valence-electron chi connectivity index (χ0n) is 11.3. The standard InChI is InChI=1S/C16H18N2O/c1-3-18(11-15-6-4-5-9-17-15)16-8-7-14(12-19)13(2)10-16/h4-10,12H,3,11H2,1-2H3. The van der Waals surface area contributed by atoms with Crippen molar-refractivity contribution in [3.8, 4) is 0 Å². The molecule has 1 aromatic carbocycles. The number of aromatic nitrogens is 1. The summed E-state index contributed by atoms with van der Waals surface area (Å²) in [7, 11) is 0. The lowest BCUT2D eigenvalue weighted by molar-refractivity contribution is 0.112. The monoisotopic (exact) mass is 254 g/mol. The molecular weight excluding hydrogens is 236 g/mol. The first kappa shape index (κ1) is 13.3. The zero-order valence-corrected chi connectivity index (χ0v) is 11.3. The number of hydrogen-bond acceptors (Lipinski definition) is 3. The number of aldehydes is 1. The lowest BCUT2D eigenvalue weighted by Gasteiger charge is -2.23. The van der Waals surface area contributed by atoms with Crippen molar-refractivity contribution in [3.63, 3.8) is 0 Å². The van der Waals surface area contributed by atoms with E-state index in [0.717, 1.165) is 41.9 Å². The van der Waals surface area contributed by atoms with Gasteiger partial charge >= 0.3 is 0 Å². The van der Waals surface area contributed by atoms with Crippen LogP contribution in [-0.2, 0) is 6.54 Å². The Morgan fingerprint density at radius 3 is 2.68 bits per heavy atom. The number of benzene rings is 1. The maximum Gasteiger partial charge on any atom is 0.150 e. The third kappa shape index (κ3) is 3.19. The molecule has 0 spiro atoms. The Kier molecular flexibility index (Phi) is 4.29. The molecule has 0 radical (unpaired) electrons. The highest BCUT2D eigenvalue weighted by Gasteiger charge is 2.07.